The monoisotopic (exact) mass is 743 g/mol. The average Bonchev–Trinajstić information content (AvgIpc) is 3.64. The Hall–Kier alpha value is -3.96. The predicted octanol–water partition coefficient (Wildman–Crippen LogP) is 8.23. The molecule has 7 rings (SSSR count). The van der Waals surface area contributed by atoms with Crippen LogP contribution in [0.2, 0.25) is 5.02 Å². The van der Waals surface area contributed by atoms with E-state index in [2.05, 4.69) is 34.4 Å². The fourth-order valence-electron chi connectivity index (χ4n) is 8.40. The molecule has 0 saturated carbocycles. The molecular weight excluding hydrogens is 693 g/mol. The second kappa shape index (κ2) is 16.6. The molecule has 3 aromatic carbocycles. The molecule has 2 aliphatic heterocycles. The minimum Gasteiger partial charge on any atom is -0.493 e. The van der Waals surface area contributed by atoms with Gasteiger partial charge < -0.3 is 18.8 Å². The molecule has 53 heavy (non-hydrogen) atoms. The second-order valence-corrected chi connectivity index (χ2v) is 14.6. The molecule has 0 aliphatic carbocycles. The quantitative estimate of drug-likeness (QED) is 0.0998. The van der Waals surface area contributed by atoms with Crippen LogP contribution in [0.1, 0.15) is 73.0 Å². The first kappa shape index (κ1) is 37.4. The van der Waals surface area contributed by atoms with Crippen LogP contribution in [0, 0.1) is 5.82 Å². The van der Waals surface area contributed by atoms with Gasteiger partial charge >= 0.3 is 5.97 Å². The van der Waals surface area contributed by atoms with E-state index in [0.29, 0.717) is 42.5 Å². The van der Waals surface area contributed by atoms with Crippen LogP contribution in [0.15, 0.2) is 48.5 Å². The zero-order valence-corrected chi connectivity index (χ0v) is 32.2. The summed E-state index contributed by atoms with van der Waals surface area (Å²) in [5.41, 5.74) is 6.66. The maximum atomic E-state index is 14.0. The maximum Gasteiger partial charge on any atom is 0.355 e. The Labute approximate surface area is 316 Å². The van der Waals surface area contributed by atoms with Crippen LogP contribution in [0.4, 0.5) is 4.39 Å². The lowest BCUT2D eigenvalue weighted by molar-refractivity contribution is 0.0334. The van der Waals surface area contributed by atoms with Gasteiger partial charge in [0, 0.05) is 60.8 Å². The molecule has 0 amide bonds. The molecule has 1 fully saturated rings. The molecule has 1 unspecified atom stereocenters. The van der Waals surface area contributed by atoms with Gasteiger partial charge in [-0.1, -0.05) is 36.7 Å². The first-order valence-electron chi connectivity index (χ1n) is 19.2. The third-order valence-corrected chi connectivity index (χ3v) is 11.3. The highest BCUT2D eigenvalue weighted by Gasteiger charge is 2.33. The average molecular weight is 744 g/mol. The van der Waals surface area contributed by atoms with Crippen LogP contribution >= 0.6 is 11.6 Å². The van der Waals surface area contributed by atoms with Gasteiger partial charge in [-0.25, -0.2) is 9.18 Å². The normalized spacial score (nSPS) is 17.2. The van der Waals surface area contributed by atoms with Gasteiger partial charge in [-0.15, -0.1) is 0 Å². The number of aromatic nitrogens is 3. The first-order chi connectivity index (χ1) is 25.8. The molecule has 2 aliphatic rings. The molecule has 282 valence electrons. The molecule has 1 saturated heterocycles. The van der Waals surface area contributed by atoms with Gasteiger partial charge in [-0.05, 0) is 100 Å². The van der Waals surface area contributed by atoms with Crippen LogP contribution in [-0.2, 0) is 35.9 Å². The number of rotatable bonds is 11. The molecule has 1 atom stereocenters. The summed E-state index contributed by atoms with van der Waals surface area (Å²) in [4.78, 5) is 19.0. The molecule has 2 aromatic heterocycles. The zero-order chi connectivity index (χ0) is 37.1. The summed E-state index contributed by atoms with van der Waals surface area (Å²) in [5.74, 6) is 0.113. The summed E-state index contributed by atoms with van der Waals surface area (Å²) in [5, 5.41) is 8.58. The smallest absolute Gasteiger partial charge is 0.355 e. The number of aryl methyl sites for hydroxylation is 3. The lowest BCUT2D eigenvalue weighted by Gasteiger charge is -2.32. The number of halogens is 2. The standard InChI is InChI=1S/C42H51ClFN5O4/c1-5-34-38-37-33(43)17-16-32-31(12-10-24-53-36-13-9-11-28-27-29(44)14-15-30(28)36)41(42(50)52-6-2)49(40(32)37)20-8-7-19-46(3)35(39(38)45-47(34)4)18-21-48-22-25-51-26-23-48/h9,11,13-17,27,35H,5-8,10,12,18-26H2,1-4H3. The number of morpholine rings is 1. The summed E-state index contributed by atoms with van der Waals surface area (Å²) >= 11 is 7.33. The van der Waals surface area contributed by atoms with E-state index in [1.54, 1.807) is 6.07 Å². The van der Waals surface area contributed by atoms with E-state index in [1.807, 2.05) is 42.9 Å². The van der Waals surface area contributed by atoms with Gasteiger partial charge in [-0.2, -0.15) is 5.10 Å². The lowest BCUT2D eigenvalue weighted by Crippen LogP contribution is -2.38. The fraction of sp³-hybridized carbons (Fsp3) is 0.476. The van der Waals surface area contributed by atoms with E-state index in [4.69, 9.17) is 30.9 Å². The zero-order valence-electron chi connectivity index (χ0n) is 31.4. The van der Waals surface area contributed by atoms with Crippen molar-refractivity contribution in [1.29, 1.82) is 0 Å². The van der Waals surface area contributed by atoms with E-state index >= 15 is 0 Å². The maximum absolute atomic E-state index is 14.0. The van der Waals surface area contributed by atoms with E-state index < -0.39 is 0 Å². The highest BCUT2D eigenvalue weighted by atomic mass is 35.5. The van der Waals surface area contributed by atoms with Crippen molar-refractivity contribution in [2.75, 3.05) is 59.7 Å². The van der Waals surface area contributed by atoms with Gasteiger partial charge in [0.05, 0.1) is 48.7 Å². The SMILES string of the molecule is CCOC(=O)c1c(CCCOc2cccc3cc(F)ccc23)c2ccc(Cl)c3c2n1CCCCN(C)C(CCN1CCOCC1)c1nn(C)c(CC)c1-3. The van der Waals surface area contributed by atoms with Gasteiger partial charge in [0.15, 0.2) is 0 Å². The number of fused-ring (bicyclic) bond motifs is 3. The second-order valence-electron chi connectivity index (χ2n) is 14.2. The van der Waals surface area contributed by atoms with Gasteiger partial charge in [-0.3, -0.25) is 14.5 Å². The van der Waals surface area contributed by atoms with Crippen molar-refractivity contribution in [2.45, 2.75) is 65.0 Å². The summed E-state index contributed by atoms with van der Waals surface area (Å²) in [7, 11) is 4.25. The number of carbonyl (C=O) groups is 1. The lowest BCUT2D eigenvalue weighted by atomic mass is 9.93. The molecule has 0 spiro atoms. The van der Waals surface area contributed by atoms with Crippen molar-refractivity contribution in [2.24, 2.45) is 7.05 Å². The van der Waals surface area contributed by atoms with Crippen molar-refractivity contribution in [3.63, 3.8) is 0 Å². The molecule has 11 heteroatoms. The van der Waals surface area contributed by atoms with Crippen molar-refractivity contribution in [1.82, 2.24) is 24.1 Å². The summed E-state index contributed by atoms with van der Waals surface area (Å²) in [6.45, 7) is 10.7. The van der Waals surface area contributed by atoms with E-state index in [1.165, 1.54) is 12.1 Å². The molecule has 5 aromatic rings. The number of benzene rings is 3. The third kappa shape index (κ3) is 7.56. The van der Waals surface area contributed by atoms with Crippen LogP contribution < -0.4 is 4.74 Å². The molecule has 4 heterocycles. The van der Waals surface area contributed by atoms with Gasteiger partial charge in [0.25, 0.3) is 0 Å². The highest BCUT2D eigenvalue weighted by Crippen LogP contribution is 2.45. The highest BCUT2D eigenvalue weighted by molar-refractivity contribution is 6.35. The van der Waals surface area contributed by atoms with Crippen molar-refractivity contribution in [3.8, 4) is 16.9 Å². The number of esters is 1. The minimum absolute atomic E-state index is 0.0823. The molecular formula is C42H51ClFN5O4. The number of carbonyl (C=O) groups excluding carboxylic acids is 1. The van der Waals surface area contributed by atoms with E-state index in [-0.39, 0.29) is 24.4 Å². The van der Waals surface area contributed by atoms with Crippen LogP contribution in [0.25, 0.3) is 32.8 Å². The Kier molecular flexibility index (Phi) is 11.7. The molecule has 0 N–H and O–H groups in total. The van der Waals surface area contributed by atoms with E-state index in [0.717, 1.165) is 115 Å². The number of ether oxygens (including phenoxy) is 3. The Bertz CT molecular complexity index is 2090. The largest absolute Gasteiger partial charge is 0.493 e. The Morgan fingerprint density at radius 3 is 2.58 bits per heavy atom. The number of hydrogen-bond acceptors (Lipinski definition) is 7. The minimum atomic E-state index is -0.324. The number of nitrogens with zero attached hydrogens (tertiary/aromatic N) is 5. The fourth-order valence-corrected chi connectivity index (χ4v) is 8.64. The van der Waals surface area contributed by atoms with Gasteiger partial charge in [0.1, 0.15) is 17.3 Å². The van der Waals surface area contributed by atoms with Crippen molar-refractivity contribution >= 4 is 39.2 Å². The summed E-state index contributed by atoms with van der Waals surface area (Å²) < 4.78 is 35.8. The van der Waals surface area contributed by atoms with E-state index in [9.17, 15) is 9.18 Å². The first-order valence-corrected chi connectivity index (χ1v) is 19.6. The summed E-state index contributed by atoms with van der Waals surface area (Å²) in [6.07, 6.45) is 4.82. The van der Waals surface area contributed by atoms with Crippen molar-refractivity contribution in [3.05, 3.63) is 82.0 Å². The Morgan fingerprint density at radius 2 is 1.79 bits per heavy atom. The summed E-state index contributed by atoms with van der Waals surface area (Å²) in [6, 6.07) is 14.5. The van der Waals surface area contributed by atoms with Crippen LogP contribution in [-0.4, -0.2) is 89.8 Å². The topological polar surface area (TPSA) is 74.0 Å². The van der Waals surface area contributed by atoms with Gasteiger partial charge in [0.2, 0.25) is 0 Å². The third-order valence-electron chi connectivity index (χ3n) is 11.0. The Balaban J connectivity index is 1.32. The van der Waals surface area contributed by atoms with Crippen molar-refractivity contribution < 1.29 is 23.4 Å². The number of hydrogen-bond donors (Lipinski definition) is 0. The molecule has 0 radical (unpaired) electrons. The van der Waals surface area contributed by atoms with Crippen LogP contribution in [0.3, 0.4) is 0 Å². The Morgan fingerprint density at radius 1 is 1.00 bits per heavy atom. The molecule has 9 nitrogen and oxygen atoms in total. The predicted molar refractivity (Wildman–Crippen MR) is 209 cm³/mol. The molecule has 0 bridgehead atoms. The van der Waals surface area contributed by atoms with Crippen LogP contribution in [0.5, 0.6) is 5.75 Å².